The summed E-state index contributed by atoms with van der Waals surface area (Å²) in [7, 11) is 8.69. The van der Waals surface area contributed by atoms with Gasteiger partial charge in [0, 0.05) is 29.5 Å². The van der Waals surface area contributed by atoms with E-state index in [1.54, 1.807) is 61.7 Å². The van der Waals surface area contributed by atoms with Gasteiger partial charge in [-0.25, -0.2) is 19.4 Å². The maximum Gasteiger partial charge on any atom is 0.355 e. The van der Waals surface area contributed by atoms with Gasteiger partial charge in [-0.3, -0.25) is 14.5 Å². The highest BCUT2D eigenvalue weighted by Crippen LogP contribution is 2.44. The Balaban J connectivity index is 0.827. The van der Waals surface area contributed by atoms with Crippen LogP contribution in [0.25, 0.3) is 11.6 Å². The van der Waals surface area contributed by atoms with E-state index in [1.807, 2.05) is 159 Å². The fourth-order valence-corrected chi connectivity index (χ4v) is 13.6. The minimum Gasteiger partial charge on any atom is -0.497 e. The average molecular weight is 1350 g/mol. The van der Waals surface area contributed by atoms with Gasteiger partial charge in [0.1, 0.15) is 71.1 Å². The van der Waals surface area contributed by atoms with E-state index < -0.39 is 41.3 Å². The monoisotopic (exact) mass is 1350 g/mol. The minimum absolute atomic E-state index is 0.0181. The summed E-state index contributed by atoms with van der Waals surface area (Å²) in [6, 6.07) is 52.6. The normalized spacial score (nSPS) is 14.5. The van der Waals surface area contributed by atoms with E-state index in [0.717, 1.165) is 27.8 Å². The predicted molar refractivity (Wildman–Crippen MR) is 360 cm³/mol. The number of nitrogens with zero attached hydrogens (tertiary/aromatic N) is 11. The number of carbonyl (C=O) groups is 3. The summed E-state index contributed by atoms with van der Waals surface area (Å²) in [5.74, 6) is 1.30. The quantitative estimate of drug-likeness (QED) is 0.0106. The lowest BCUT2D eigenvalue weighted by atomic mass is 9.77. The molecule has 490 valence electrons. The number of amides is 2. The van der Waals surface area contributed by atoms with Crippen molar-refractivity contribution in [1.29, 1.82) is 0 Å². The first-order chi connectivity index (χ1) is 47.0. The number of rotatable bonds is 30. The van der Waals surface area contributed by atoms with E-state index in [9.17, 15) is 9.59 Å². The van der Waals surface area contributed by atoms with Gasteiger partial charge in [-0.15, -0.1) is 38.4 Å². The van der Waals surface area contributed by atoms with Crippen molar-refractivity contribution in [2.75, 3.05) is 58.8 Å². The standard InChI is InChI=1S/C69H65N13O11S3/c1-80(2)33-34-81-68(76-78-79-81)96-42-47-41-94-65-60(64(84)82(65)61(47)66(85)91-39-46-25-31-53(88-5)32-26-46)72-62(83)59(55-43-95-67(71-55)73-69(48-15-9-6-10-16-48,49-17-11-7-12-18-49)50-19-13-8-14-20-50)77-92-40-58-74-75-63(93-58)54-35-56(89-37-44-21-27-51(86-3)28-22-44)57(36-70-54)90-38-45-23-29-52(87-4)30-24-45/h6-32,35-36,43,60,65H,33-34,37-42H2,1-5H3,(H,71,73)(H,72,83)/b77-59-/t60-,65-/m1/s1. The molecule has 2 aliphatic rings. The number of tetrazole rings is 1. The molecule has 0 aliphatic carbocycles. The summed E-state index contributed by atoms with van der Waals surface area (Å²) < 4.78 is 42.3. The summed E-state index contributed by atoms with van der Waals surface area (Å²) in [4.78, 5) is 63.2. The number of fused-ring (bicyclic) bond motifs is 1. The molecule has 0 spiro atoms. The number of esters is 1. The van der Waals surface area contributed by atoms with E-state index in [1.165, 1.54) is 46.0 Å². The van der Waals surface area contributed by atoms with E-state index in [2.05, 4.69) is 46.5 Å². The van der Waals surface area contributed by atoms with Crippen molar-refractivity contribution in [2.45, 2.75) is 55.1 Å². The Morgan fingerprint density at radius 3 is 1.90 bits per heavy atom. The van der Waals surface area contributed by atoms with Crippen LogP contribution in [0.2, 0.25) is 0 Å². The number of oxime groups is 1. The van der Waals surface area contributed by atoms with Crippen LogP contribution in [0.4, 0.5) is 5.13 Å². The van der Waals surface area contributed by atoms with E-state index in [4.69, 9.17) is 42.7 Å². The van der Waals surface area contributed by atoms with Crippen molar-refractivity contribution in [1.82, 2.24) is 55.5 Å². The lowest BCUT2D eigenvalue weighted by molar-refractivity contribution is -0.153. The second-order valence-electron chi connectivity index (χ2n) is 22.0. The number of nitrogens with one attached hydrogen (secondary N) is 2. The van der Waals surface area contributed by atoms with Crippen molar-refractivity contribution in [2.24, 2.45) is 5.16 Å². The molecule has 10 aromatic rings. The largest absolute Gasteiger partial charge is 0.497 e. The summed E-state index contributed by atoms with van der Waals surface area (Å²) in [6.07, 6.45) is 1.52. The van der Waals surface area contributed by atoms with Crippen LogP contribution in [0, 0.1) is 0 Å². The van der Waals surface area contributed by atoms with Gasteiger partial charge in [0.15, 0.2) is 28.9 Å². The van der Waals surface area contributed by atoms with Crippen LogP contribution in [-0.2, 0) is 62.5 Å². The fraction of sp³-hybridized carbons (Fsp3) is 0.232. The van der Waals surface area contributed by atoms with Crippen LogP contribution < -0.4 is 34.3 Å². The number of aromatic nitrogens is 8. The lowest BCUT2D eigenvalue weighted by Gasteiger charge is -2.49. The zero-order valence-electron chi connectivity index (χ0n) is 52.8. The Morgan fingerprint density at radius 1 is 0.729 bits per heavy atom. The van der Waals surface area contributed by atoms with Gasteiger partial charge < -0.3 is 53.2 Å². The topological polar surface area (TPSA) is 267 Å². The second kappa shape index (κ2) is 30.6. The molecule has 1 saturated heterocycles. The molecular formula is C69H65N13O11S3. The SMILES string of the molecule is COc1ccc(COC(=O)C2=C(CSc3nnnn3CCN(C)C)CS[C@@H]3[C@H](NC(=O)/C(=N\OCc4nnc(-c5cc(OCc6ccc(OC)cc6)c(OCc6ccc(OC)cc6)cn5)o4)c4csc(NC(c5ccccc5)(c5ccccc5)c5ccccc5)n4)C(=O)N23)cc1. The number of anilines is 1. The number of thioether (sulfide) groups is 2. The molecule has 4 aromatic heterocycles. The number of ether oxygens (including phenoxy) is 6. The summed E-state index contributed by atoms with van der Waals surface area (Å²) in [5, 5.41) is 33.9. The van der Waals surface area contributed by atoms with Crippen LogP contribution in [-0.4, -0.2) is 139 Å². The summed E-state index contributed by atoms with van der Waals surface area (Å²) in [6.45, 7) is 1.12. The van der Waals surface area contributed by atoms with Crippen molar-refractivity contribution in [3.05, 3.63) is 238 Å². The highest BCUT2D eigenvalue weighted by molar-refractivity contribution is 8.01. The summed E-state index contributed by atoms with van der Waals surface area (Å²) in [5.41, 5.74) is 5.07. The minimum atomic E-state index is -1.13. The molecule has 96 heavy (non-hydrogen) atoms. The van der Waals surface area contributed by atoms with E-state index >= 15 is 4.79 Å². The number of hydrogen-bond donors (Lipinski definition) is 2. The molecule has 2 atom stereocenters. The fourth-order valence-electron chi connectivity index (χ4n) is 10.5. The molecule has 2 amide bonds. The smallest absolute Gasteiger partial charge is 0.355 e. The number of likely N-dealkylation sites (N-methyl/N-ethyl adjacent to an activating group) is 1. The van der Waals surface area contributed by atoms with Gasteiger partial charge in [0.2, 0.25) is 5.16 Å². The van der Waals surface area contributed by atoms with Gasteiger partial charge in [0.25, 0.3) is 23.6 Å². The molecule has 0 saturated carbocycles. The van der Waals surface area contributed by atoms with Crippen LogP contribution in [0.1, 0.15) is 45.0 Å². The first-order valence-corrected chi connectivity index (χ1v) is 33.1. The number of pyridine rings is 1. The molecule has 6 heterocycles. The molecule has 0 unspecified atom stereocenters. The number of thiazole rings is 1. The zero-order chi connectivity index (χ0) is 66.4. The van der Waals surface area contributed by atoms with Gasteiger partial charge in [-0.1, -0.05) is 144 Å². The maximum atomic E-state index is 15.1. The highest BCUT2D eigenvalue weighted by Gasteiger charge is 2.55. The number of hydrogen-bond acceptors (Lipinski definition) is 24. The van der Waals surface area contributed by atoms with Crippen LogP contribution in [0.3, 0.4) is 0 Å². The molecule has 2 aliphatic heterocycles. The van der Waals surface area contributed by atoms with Gasteiger partial charge in [-0.2, -0.15) is 0 Å². The van der Waals surface area contributed by atoms with Gasteiger partial charge in [-0.05, 0) is 99.9 Å². The Bertz CT molecular complexity index is 4250. The Kier molecular flexibility index (Phi) is 20.9. The maximum absolute atomic E-state index is 15.1. The van der Waals surface area contributed by atoms with Gasteiger partial charge in [0.05, 0.1) is 34.1 Å². The van der Waals surface area contributed by atoms with Crippen LogP contribution in [0.15, 0.2) is 207 Å². The third kappa shape index (κ3) is 15.1. The highest BCUT2D eigenvalue weighted by atomic mass is 32.2. The second-order valence-corrected chi connectivity index (χ2v) is 24.9. The zero-order valence-corrected chi connectivity index (χ0v) is 55.2. The third-order valence-corrected chi connectivity index (χ3v) is 18.7. The number of methoxy groups -OCH3 is 3. The molecule has 24 nitrogen and oxygen atoms in total. The first-order valence-electron chi connectivity index (χ1n) is 30.2. The molecule has 0 bridgehead atoms. The number of carbonyl (C=O) groups excluding carboxylic acids is 3. The van der Waals surface area contributed by atoms with Crippen LogP contribution in [0.5, 0.6) is 28.7 Å². The third-order valence-electron chi connectivity index (χ3n) is 15.5. The molecule has 1 fully saturated rings. The molecule has 2 N–H and O–H groups in total. The molecule has 27 heteroatoms. The number of benzene rings is 6. The van der Waals surface area contributed by atoms with E-state index in [-0.39, 0.29) is 60.2 Å². The average Bonchev–Trinajstić information content (AvgIpc) is 0.979. The van der Waals surface area contributed by atoms with Gasteiger partial charge >= 0.3 is 5.97 Å². The van der Waals surface area contributed by atoms with Crippen LogP contribution >= 0.6 is 34.9 Å². The summed E-state index contributed by atoms with van der Waals surface area (Å²) >= 11 is 3.97. The Hall–Kier alpha value is -10.6. The Morgan fingerprint density at radius 2 is 1.31 bits per heavy atom. The van der Waals surface area contributed by atoms with Crippen molar-refractivity contribution < 1.29 is 52.1 Å². The van der Waals surface area contributed by atoms with E-state index in [0.29, 0.717) is 69.0 Å². The molecule has 6 aromatic carbocycles. The molecule has 12 rings (SSSR count). The van der Waals surface area contributed by atoms with Crippen molar-refractivity contribution in [3.63, 3.8) is 0 Å². The van der Waals surface area contributed by atoms with Crippen molar-refractivity contribution >= 4 is 63.5 Å². The van der Waals surface area contributed by atoms with Crippen molar-refractivity contribution in [3.8, 4) is 40.3 Å². The Labute approximate surface area is 565 Å². The first kappa shape index (κ1) is 65.5. The molecule has 0 radical (unpaired) electrons. The molecular weight excluding hydrogens is 1280 g/mol. The lowest BCUT2D eigenvalue weighted by Crippen LogP contribution is -2.71. The predicted octanol–water partition coefficient (Wildman–Crippen LogP) is 9.83. The number of β-lactam (4-membered cyclic amide) rings is 1.